The van der Waals surface area contributed by atoms with Crippen LogP contribution in [0.2, 0.25) is 0 Å². The van der Waals surface area contributed by atoms with Crippen molar-refractivity contribution in [3.05, 3.63) is 0 Å². The number of thioether (sulfide) groups is 2. The molecule has 0 aromatic heterocycles. The van der Waals surface area contributed by atoms with Crippen LogP contribution < -0.4 is 5.32 Å². The molecule has 3 heterocycles. The van der Waals surface area contributed by atoms with Crippen molar-refractivity contribution in [3.8, 4) is 0 Å². The molecule has 0 bridgehead atoms. The van der Waals surface area contributed by atoms with Gasteiger partial charge >= 0.3 is 6.03 Å². The van der Waals surface area contributed by atoms with E-state index in [0.29, 0.717) is 4.75 Å². The molecule has 3 aliphatic rings. The van der Waals surface area contributed by atoms with Gasteiger partial charge in [0.25, 0.3) is 0 Å². The highest BCUT2D eigenvalue weighted by Crippen LogP contribution is 2.38. The van der Waals surface area contributed by atoms with Gasteiger partial charge < -0.3 is 15.0 Å². The van der Waals surface area contributed by atoms with E-state index >= 15 is 0 Å². The van der Waals surface area contributed by atoms with Gasteiger partial charge in [0.05, 0.1) is 5.60 Å². The first-order valence-corrected chi connectivity index (χ1v) is 10.5. The highest BCUT2D eigenvalue weighted by molar-refractivity contribution is 8.00. The van der Waals surface area contributed by atoms with E-state index in [2.05, 4.69) is 19.2 Å². The minimum absolute atomic E-state index is 0.0392. The Balaban J connectivity index is 1.52. The number of carbonyl (C=O) groups is 1. The molecule has 0 unspecified atom stereocenters. The molecule has 0 aromatic rings. The average Bonchev–Trinajstić information content (AvgIpc) is 2.81. The van der Waals surface area contributed by atoms with Crippen LogP contribution >= 0.6 is 23.5 Å². The predicted octanol–water partition coefficient (Wildman–Crippen LogP) is 2.97. The highest BCUT2D eigenvalue weighted by Gasteiger charge is 2.41. The maximum Gasteiger partial charge on any atom is 0.317 e. The highest BCUT2D eigenvalue weighted by atomic mass is 32.2. The zero-order chi connectivity index (χ0) is 15.6. The minimum Gasteiger partial charge on any atom is -0.374 e. The summed E-state index contributed by atoms with van der Waals surface area (Å²) in [6, 6.07) is 0.412. The quantitative estimate of drug-likeness (QED) is 0.794. The molecule has 126 valence electrons. The third-order valence-corrected chi connectivity index (χ3v) is 7.61. The molecule has 6 heteroatoms. The number of nitrogens with one attached hydrogen (secondary N) is 1. The van der Waals surface area contributed by atoms with Crippen LogP contribution in [0.15, 0.2) is 0 Å². The Morgan fingerprint density at radius 2 is 2.14 bits per heavy atom. The first-order chi connectivity index (χ1) is 10.5. The van der Waals surface area contributed by atoms with Gasteiger partial charge in [-0.05, 0) is 31.4 Å². The summed E-state index contributed by atoms with van der Waals surface area (Å²) in [5.41, 5.74) is 0.0392. The second-order valence-corrected chi connectivity index (χ2v) is 10.2. The van der Waals surface area contributed by atoms with Crippen molar-refractivity contribution in [2.45, 2.75) is 55.9 Å². The van der Waals surface area contributed by atoms with Gasteiger partial charge in [0.15, 0.2) is 0 Å². The molecule has 3 rings (SSSR count). The van der Waals surface area contributed by atoms with E-state index in [1.54, 1.807) is 0 Å². The van der Waals surface area contributed by atoms with Crippen molar-refractivity contribution in [3.63, 3.8) is 0 Å². The molecule has 2 atom stereocenters. The minimum atomic E-state index is 0.0392. The summed E-state index contributed by atoms with van der Waals surface area (Å²) in [5.74, 6) is 3.32. The summed E-state index contributed by atoms with van der Waals surface area (Å²) < 4.78 is 6.33. The van der Waals surface area contributed by atoms with Crippen molar-refractivity contribution in [1.29, 1.82) is 0 Å². The number of carbonyl (C=O) groups excluding carboxylic acids is 1. The molecule has 0 aliphatic carbocycles. The summed E-state index contributed by atoms with van der Waals surface area (Å²) in [4.78, 5) is 14.6. The molecule has 0 aromatic carbocycles. The fourth-order valence-electron chi connectivity index (χ4n) is 3.50. The lowest BCUT2D eigenvalue weighted by Crippen LogP contribution is -2.52. The monoisotopic (exact) mass is 344 g/mol. The van der Waals surface area contributed by atoms with Gasteiger partial charge in [-0.3, -0.25) is 0 Å². The Hall–Kier alpha value is -0.0700. The van der Waals surface area contributed by atoms with Crippen LogP contribution in [-0.2, 0) is 4.74 Å². The maximum absolute atomic E-state index is 12.6. The Morgan fingerprint density at radius 1 is 1.27 bits per heavy atom. The Labute approximate surface area is 142 Å². The molecule has 1 spiro atoms. The molecule has 4 nitrogen and oxygen atoms in total. The standard InChI is InChI=1S/C16H28N2O2S2/c1-15(2)4-6-18(7-10-22-15)14(19)17-13-3-8-20-16(11-13)5-9-21-12-16/h13H,3-12H2,1-2H3,(H,17,19)/t13-,16-/m0/s1. The average molecular weight is 345 g/mol. The smallest absolute Gasteiger partial charge is 0.317 e. The number of urea groups is 1. The molecule has 3 aliphatic heterocycles. The number of nitrogens with zero attached hydrogens (tertiary/aromatic N) is 1. The number of rotatable bonds is 1. The Bertz CT molecular complexity index is 411. The first kappa shape index (κ1) is 16.8. The number of hydrogen-bond acceptors (Lipinski definition) is 4. The first-order valence-electron chi connectivity index (χ1n) is 8.39. The van der Waals surface area contributed by atoms with Crippen LogP contribution in [0.4, 0.5) is 4.79 Å². The van der Waals surface area contributed by atoms with Crippen LogP contribution in [-0.4, -0.2) is 64.3 Å². The van der Waals surface area contributed by atoms with Gasteiger partial charge in [0.2, 0.25) is 0 Å². The second-order valence-electron chi connectivity index (χ2n) is 7.32. The Morgan fingerprint density at radius 3 is 2.91 bits per heavy atom. The van der Waals surface area contributed by atoms with Crippen LogP contribution in [0.25, 0.3) is 0 Å². The van der Waals surface area contributed by atoms with Crippen molar-refractivity contribution in [1.82, 2.24) is 10.2 Å². The van der Waals surface area contributed by atoms with E-state index < -0.39 is 0 Å². The molecule has 2 amide bonds. The summed E-state index contributed by atoms with van der Waals surface area (Å²) in [6.07, 6.45) is 4.14. The molecule has 1 N–H and O–H groups in total. The van der Waals surface area contributed by atoms with E-state index in [9.17, 15) is 4.79 Å². The van der Waals surface area contributed by atoms with Gasteiger partial charge in [-0.1, -0.05) is 13.8 Å². The van der Waals surface area contributed by atoms with Gasteiger partial charge in [0, 0.05) is 42.0 Å². The topological polar surface area (TPSA) is 41.6 Å². The van der Waals surface area contributed by atoms with Gasteiger partial charge in [-0.15, -0.1) is 0 Å². The second kappa shape index (κ2) is 6.81. The fraction of sp³-hybridized carbons (Fsp3) is 0.938. The molecule has 3 fully saturated rings. The molecule has 0 saturated carbocycles. The molecule has 0 radical (unpaired) electrons. The summed E-state index contributed by atoms with van der Waals surface area (Å²) in [5, 5.41) is 3.28. The summed E-state index contributed by atoms with van der Waals surface area (Å²) in [7, 11) is 0. The SMILES string of the molecule is CC1(C)CCN(C(=O)N[C@H]2CCO[C@@]3(CCSC3)C2)CCS1. The summed E-state index contributed by atoms with van der Waals surface area (Å²) >= 11 is 3.96. The van der Waals surface area contributed by atoms with Crippen LogP contribution in [0.1, 0.15) is 39.5 Å². The van der Waals surface area contributed by atoms with Gasteiger partial charge in [0.1, 0.15) is 0 Å². The number of amides is 2. The lowest BCUT2D eigenvalue weighted by molar-refractivity contribution is -0.0688. The van der Waals surface area contributed by atoms with E-state index in [1.165, 1.54) is 5.75 Å². The van der Waals surface area contributed by atoms with Crippen molar-refractivity contribution < 1.29 is 9.53 Å². The lowest BCUT2D eigenvalue weighted by Gasteiger charge is -2.38. The number of ether oxygens (including phenoxy) is 1. The zero-order valence-electron chi connectivity index (χ0n) is 13.7. The summed E-state index contributed by atoms with van der Waals surface area (Å²) in [6.45, 7) is 7.08. The molecule has 22 heavy (non-hydrogen) atoms. The zero-order valence-corrected chi connectivity index (χ0v) is 15.4. The van der Waals surface area contributed by atoms with Crippen molar-refractivity contribution in [2.75, 3.05) is 37.0 Å². The van der Waals surface area contributed by atoms with Crippen LogP contribution in [0.5, 0.6) is 0 Å². The predicted molar refractivity (Wildman–Crippen MR) is 94.9 cm³/mol. The third kappa shape index (κ3) is 4.06. The Kier molecular flexibility index (Phi) is 5.20. The van der Waals surface area contributed by atoms with Crippen LogP contribution in [0.3, 0.4) is 0 Å². The van der Waals surface area contributed by atoms with E-state index in [1.807, 2.05) is 28.4 Å². The van der Waals surface area contributed by atoms with E-state index in [0.717, 1.165) is 56.9 Å². The fourth-order valence-corrected chi connectivity index (χ4v) is 5.98. The molecular weight excluding hydrogens is 316 g/mol. The van der Waals surface area contributed by atoms with Crippen molar-refractivity contribution in [2.24, 2.45) is 0 Å². The van der Waals surface area contributed by atoms with E-state index in [4.69, 9.17) is 4.74 Å². The van der Waals surface area contributed by atoms with Crippen LogP contribution in [0, 0.1) is 0 Å². The normalized spacial score (nSPS) is 35.4. The van der Waals surface area contributed by atoms with Crippen molar-refractivity contribution >= 4 is 29.6 Å². The largest absolute Gasteiger partial charge is 0.374 e. The maximum atomic E-state index is 12.6. The molecular formula is C16H28N2O2S2. The van der Waals surface area contributed by atoms with Gasteiger partial charge in [-0.25, -0.2) is 4.79 Å². The molecule has 3 saturated heterocycles. The van der Waals surface area contributed by atoms with E-state index in [-0.39, 0.29) is 17.7 Å². The third-order valence-electron chi connectivity index (χ3n) is 5.01. The van der Waals surface area contributed by atoms with Gasteiger partial charge in [-0.2, -0.15) is 23.5 Å². The number of hydrogen-bond donors (Lipinski definition) is 1. The lowest BCUT2D eigenvalue weighted by atomic mass is 9.90.